The van der Waals surface area contributed by atoms with E-state index in [0.29, 0.717) is 22.0 Å². The molecule has 32 heavy (non-hydrogen) atoms. The van der Waals surface area contributed by atoms with Crippen LogP contribution in [0.15, 0.2) is 55.0 Å². The molecule has 2 aromatic carbocycles. The average molecular weight is 446 g/mol. The standard InChI is InChI=1S/C23H17ClFN7/c24-16-2-3-18(25)17(9-16)23-22(28-12-29-23)13-1-4-19-14(7-13)8-15(10-27-19)21-20-11-26-5-6-32(20)31-30-21/h1-4,7-10,12,26H,5-6,11H2,(H,28,29). The molecule has 0 unspecified atom stereocenters. The number of hydrogen-bond donors (Lipinski definition) is 2. The highest BCUT2D eigenvalue weighted by Crippen LogP contribution is 2.34. The number of fused-ring (bicyclic) bond motifs is 2. The molecular weight excluding hydrogens is 429 g/mol. The molecule has 3 aromatic heterocycles. The van der Waals surface area contributed by atoms with Crippen molar-refractivity contribution in [3.8, 4) is 33.8 Å². The van der Waals surface area contributed by atoms with E-state index in [-0.39, 0.29) is 5.82 Å². The molecule has 0 aliphatic carbocycles. The SMILES string of the molecule is Fc1ccc(Cl)cc1-c1[nH]cnc1-c1ccc2ncc(-c3nnn4c3CNCC4)cc2c1. The Morgan fingerprint density at radius 3 is 2.84 bits per heavy atom. The van der Waals surface area contributed by atoms with Crippen LogP contribution in [0.5, 0.6) is 0 Å². The van der Waals surface area contributed by atoms with Crippen molar-refractivity contribution >= 4 is 22.5 Å². The summed E-state index contributed by atoms with van der Waals surface area (Å²) in [6.07, 6.45) is 3.38. The predicted molar refractivity (Wildman–Crippen MR) is 120 cm³/mol. The maximum Gasteiger partial charge on any atom is 0.132 e. The maximum atomic E-state index is 14.5. The Kier molecular flexibility index (Phi) is 4.48. The van der Waals surface area contributed by atoms with Gasteiger partial charge in [-0.05, 0) is 36.4 Å². The number of benzene rings is 2. The molecule has 2 N–H and O–H groups in total. The number of aromatic nitrogens is 6. The minimum absolute atomic E-state index is 0.365. The quantitative estimate of drug-likeness (QED) is 0.428. The number of nitrogens with zero attached hydrogens (tertiary/aromatic N) is 5. The molecule has 0 amide bonds. The van der Waals surface area contributed by atoms with Crippen molar-refractivity contribution in [1.82, 2.24) is 35.3 Å². The largest absolute Gasteiger partial charge is 0.344 e. The fourth-order valence-electron chi connectivity index (χ4n) is 4.12. The summed E-state index contributed by atoms with van der Waals surface area (Å²) in [5.74, 6) is -0.365. The highest BCUT2D eigenvalue weighted by Gasteiger charge is 2.19. The molecule has 0 bridgehead atoms. The van der Waals surface area contributed by atoms with Crippen LogP contribution >= 0.6 is 11.6 Å². The lowest BCUT2D eigenvalue weighted by Crippen LogP contribution is -2.28. The van der Waals surface area contributed by atoms with Crippen molar-refractivity contribution < 1.29 is 4.39 Å². The van der Waals surface area contributed by atoms with Gasteiger partial charge in [0.1, 0.15) is 11.5 Å². The fourth-order valence-corrected chi connectivity index (χ4v) is 4.29. The van der Waals surface area contributed by atoms with E-state index < -0.39 is 0 Å². The molecule has 7 nitrogen and oxygen atoms in total. The molecule has 0 atom stereocenters. The third-order valence-electron chi connectivity index (χ3n) is 5.70. The molecule has 6 rings (SSSR count). The van der Waals surface area contributed by atoms with Crippen molar-refractivity contribution in [3.63, 3.8) is 0 Å². The van der Waals surface area contributed by atoms with Crippen molar-refractivity contribution in [2.75, 3.05) is 6.54 Å². The van der Waals surface area contributed by atoms with Crippen molar-refractivity contribution in [2.45, 2.75) is 13.1 Å². The number of aromatic amines is 1. The van der Waals surface area contributed by atoms with Gasteiger partial charge >= 0.3 is 0 Å². The van der Waals surface area contributed by atoms with Crippen LogP contribution in [0.4, 0.5) is 4.39 Å². The number of H-pyrrole nitrogens is 1. The van der Waals surface area contributed by atoms with E-state index in [1.54, 1.807) is 12.4 Å². The lowest BCUT2D eigenvalue weighted by molar-refractivity contribution is 0.468. The number of halogens is 2. The van der Waals surface area contributed by atoms with Crippen LogP contribution in [-0.4, -0.2) is 36.5 Å². The normalized spacial score (nSPS) is 13.4. The topological polar surface area (TPSA) is 84.3 Å². The predicted octanol–water partition coefficient (Wildman–Crippen LogP) is 4.45. The van der Waals surface area contributed by atoms with Gasteiger partial charge in [0, 0.05) is 46.4 Å². The highest BCUT2D eigenvalue weighted by molar-refractivity contribution is 6.30. The van der Waals surface area contributed by atoms with Crippen LogP contribution < -0.4 is 5.32 Å². The zero-order chi connectivity index (χ0) is 21.7. The molecular formula is C23H17ClFN7. The first kappa shape index (κ1) is 19.1. The van der Waals surface area contributed by atoms with E-state index in [1.165, 1.54) is 12.1 Å². The Morgan fingerprint density at radius 1 is 1.00 bits per heavy atom. The zero-order valence-corrected chi connectivity index (χ0v) is 17.6. The Balaban J connectivity index is 1.45. The van der Waals surface area contributed by atoms with Crippen LogP contribution in [0.1, 0.15) is 5.69 Å². The van der Waals surface area contributed by atoms with Gasteiger partial charge in [0.25, 0.3) is 0 Å². The van der Waals surface area contributed by atoms with Gasteiger partial charge in [0.15, 0.2) is 0 Å². The summed E-state index contributed by atoms with van der Waals surface area (Å²) in [6.45, 7) is 2.41. The first-order valence-electron chi connectivity index (χ1n) is 10.2. The lowest BCUT2D eigenvalue weighted by Gasteiger charge is -2.14. The summed E-state index contributed by atoms with van der Waals surface area (Å²) in [5, 5.41) is 13.4. The van der Waals surface area contributed by atoms with E-state index in [2.05, 4.69) is 36.6 Å². The number of nitrogens with one attached hydrogen (secondary N) is 2. The molecule has 0 radical (unpaired) electrons. The summed E-state index contributed by atoms with van der Waals surface area (Å²) >= 11 is 6.10. The Hall–Kier alpha value is -3.62. The van der Waals surface area contributed by atoms with Crippen LogP contribution in [0.3, 0.4) is 0 Å². The second-order valence-corrected chi connectivity index (χ2v) is 8.10. The molecule has 1 aliphatic rings. The summed E-state index contributed by atoms with van der Waals surface area (Å²) in [7, 11) is 0. The number of pyridine rings is 1. The Bertz CT molecular complexity index is 1470. The summed E-state index contributed by atoms with van der Waals surface area (Å²) < 4.78 is 16.4. The van der Waals surface area contributed by atoms with E-state index in [9.17, 15) is 4.39 Å². The van der Waals surface area contributed by atoms with Crippen molar-refractivity contribution in [1.29, 1.82) is 0 Å². The van der Waals surface area contributed by atoms with Gasteiger partial charge in [-0.3, -0.25) is 4.98 Å². The number of imidazole rings is 1. The molecule has 0 saturated carbocycles. The molecule has 0 saturated heterocycles. The van der Waals surface area contributed by atoms with Crippen LogP contribution in [0, 0.1) is 5.82 Å². The third kappa shape index (κ3) is 3.16. The molecule has 4 heterocycles. The molecule has 9 heteroatoms. The van der Waals surface area contributed by atoms with Gasteiger partial charge in [-0.15, -0.1) is 5.10 Å². The van der Waals surface area contributed by atoms with E-state index >= 15 is 0 Å². The molecule has 158 valence electrons. The molecule has 5 aromatic rings. The van der Waals surface area contributed by atoms with Gasteiger partial charge in [0.2, 0.25) is 0 Å². The second-order valence-electron chi connectivity index (χ2n) is 7.67. The Morgan fingerprint density at radius 2 is 1.91 bits per heavy atom. The van der Waals surface area contributed by atoms with Crippen LogP contribution in [-0.2, 0) is 13.1 Å². The van der Waals surface area contributed by atoms with Crippen LogP contribution in [0.2, 0.25) is 5.02 Å². The van der Waals surface area contributed by atoms with E-state index in [4.69, 9.17) is 11.6 Å². The van der Waals surface area contributed by atoms with Crippen molar-refractivity contribution in [3.05, 3.63) is 71.5 Å². The third-order valence-corrected chi connectivity index (χ3v) is 5.93. The van der Waals surface area contributed by atoms with Gasteiger partial charge in [-0.25, -0.2) is 14.1 Å². The fraction of sp³-hybridized carbons (Fsp3) is 0.130. The second kappa shape index (κ2) is 7.51. The Labute approximate surface area is 187 Å². The summed E-state index contributed by atoms with van der Waals surface area (Å²) in [4.78, 5) is 12.1. The van der Waals surface area contributed by atoms with Crippen LogP contribution in [0.25, 0.3) is 44.7 Å². The van der Waals surface area contributed by atoms with Gasteiger partial charge in [-0.2, -0.15) is 0 Å². The minimum atomic E-state index is -0.365. The number of hydrogen-bond acceptors (Lipinski definition) is 5. The van der Waals surface area contributed by atoms with E-state index in [1.807, 2.05) is 29.1 Å². The highest BCUT2D eigenvalue weighted by atomic mass is 35.5. The molecule has 1 aliphatic heterocycles. The average Bonchev–Trinajstić information content (AvgIpc) is 3.47. The van der Waals surface area contributed by atoms with Gasteiger partial charge < -0.3 is 10.3 Å². The first-order chi connectivity index (χ1) is 15.7. The monoisotopic (exact) mass is 445 g/mol. The molecule has 0 fully saturated rings. The van der Waals surface area contributed by atoms with Gasteiger partial charge in [-0.1, -0.05) is 22.9 Å². The summed E-state index contributed by atoms with van der Waals surface area (Å²) in [5.41, 5.74) is 6.08. The summed E-state index contributed by atoms with van der Waals surface area (Å²) in [6, 6.07) is 12.4. The van der Waals surface area contributed by atoms with E-state index in [0.717, 1.165) is 53.1 Å². The first-order valence-corrected chi connectivity index (χ1v) is 10.6. The minimum Gasteiger partial charge on any atom is -0.344 e. The smallest absolute Gasteiger partial charge is 0.132 e. The van der Waals surface area contributed by atoms with Crippen molar-refractivity contribution in [2.24, 2.45) is 0 Å². The lowest BCUT2D eigenvalue weighted by atomic mass is 10.0. The zero-order valence-electron chi connectivity index (χ0n) is 16.8. The maximum absolute atomic E-state index is 14.5. The van der Waals surface area contributed by atoms with Gasteiger partial charge in [0.05, 0.1) is 35.5 Å². The molecule has 0 spiro atoms. The number of rotatable bonds is 3.